The van der Waals surface area contributed by atoms with Crippen LogP contribution in [0.1, 0.15) is 165 Å². The molecule has 0 spiro atoms. The highest BCUT2D eigenvalue weighted by Gasteiger charge is 2.46. The van der Waals surface area contributed by atoms with Crippen molar-refractivity contribution in [3.8, 4) is 12.1 Å². The second-order valence-electron chi connectivity index (χ2n) is 21.1. The maximum absolute atomic E-state index is 12.9. The third-order valence-corrected chi connectivity index (χ3v) is 14.4. The van der Waals surface area contributed by atoms with Crippen molar-refractivity contribution in [2.45, 2.75) is 174 Å². The van der Waals surface area contributed by atoms with Gasteiger partial charge in [-0.25, -0.2) is 14.8 Å². The molecule has 0 bridgehead atoms. The van der Waals surface area contributed by atoms with E-state index in [2.05, 4.69) is 50.1 Å². The summed E-state index contributed by atoms with van der Waals surface area (Å²) in [5.41, 5.74) is 6.79. The van der Waals surface area contributed by atoms with Gasteiger partial charge in [0.15, 0.2) is 0 Å². The molecule has 0 aromatic carbocycles. The summed E-state index contributed by atoms with van der Waals surface area (Å²) >= 11 is 0. The van der Waals surface area contributed by atoms with E-state index in [-0.39, 0.29) is 62.0 Å². The number of nitriles is 2. The molecule has 18 heteroatoms. The summed E-state index contributed by atoms with van der Waals surface area (Å²) in [6, 6.07) is 4.52. The van der Waals surface area contributed by atoms with E-state index in [1.54, 1.807) is 0 Å². The van der Waals surface area contributed by atoms with Gasteiger partial charge >= 0.3 is 12.3 Å². The van der Waals surface area contributed by atoms with Crippen LogP contribution in [-0.2, 0) is 45.1 Å². The molecule has 1 unspecified atom stereocenters. The maximum Gasteiger partial charge on any atom is 0.404 e. The molecule has 2 aromatic rings. The topological polar surface area (TPSA) is 188 Å². The highest BCUT2D eigenvalue weighted by molar-refractivity contribution is 5.79. The standard InChI is InChI=1S/C25H35N5O4.C24H29F3N4O2.C2H6.H2/c1-15(2)20-13-29(9-10-30(20)21(31)7-8-27-24(32)33)23-18(12-26)17-11-25(3,4)34-14-19(17)22(28-23)16-5-6-16;1-23(2)9-16-17(11-28)22(29-21(15-5-6-15)18(16)13-33-23)30-7-8-31(19(12-30)14-3-4-14)20(32)10-24(25,26)27;1-2;/h15-16,20,27H,5-11,13-14H2,1-4H3,(H,32,33);14-15,19H,3-10,12-13H2,1-2H3;1-2H3;1H/t20-;;;/m0.../s1. The minimum absolute atomic E-state index is 0. The van der Waals surface area contributed by atoms with Crippen LogP contribution in [0, 0.1) is 34.5 Å². The predicted molar refractivity (Wildman–Crippen MR) is 255 cm³/mol. The van der Waals surface area contributed by atoms with E-state index in [4.69, 9.17) is 24.5 Å². The highest BCUT2D eigenvalue weighted by Crippen LogP contribution is 2.48. The zero-order chi connectivity index (χ0) is 50.2. The fourth-order valence-corrected chi connectivity index (χ4v) is 10.4. The van der Waals surface area contributed by atoms with Gasteiger partial charge in [0.05, 0.1) is 59.0 Å². The van der Waals surface area contributed by atoms with Crippen LogP contribution in [-0.4, -0.2) is 118 Å². The van der Waals surface area contributed by atoms with Crippen molar-refractivity contribution in [3.63, 3.8) is 0 Å². The van der Waals surface area contributed by atoms with Crippen molar-refractivity contribution in [3.05, 3.63) is 44.8 Å². The second-order valence-corrected chi connectivity index (χ2v) is 21.1. The Bertz CT molecular complexity index is 2350. The van der Waals surface area contributed by atoms with E-state index >= 15 is 0 Å². The second kappa shape index (κ2) is 20.6. The summed E-state index contributed by atoms with van der Waals surface area (Å²) in [7, 11) is 0. The lowest BCUT2D eigenvalue weighted by molar-refractivity contribution is -0.163. The van der Waals surface area contributed by atoms with Gasteiger partial charge in [0.25, 0.3) is 0 Å². The van der Waals surface area contributed by atoms with Gasteiger partial charge in [-0.2, -0.15) is 23.7 Å². The lowest BCUT2D eigenvalue weighted by atomic mass is 9.87. The number of hydrogen-bond acceptors (Lipinski definition) is 11. The molecule has 6 heterocycles. The van der Waals surface area contributed by atoms with E-state index in [9.17, 15) is 38.1 Å². The van der Waals surface area contributed by atoms with E-state index in [0.717, 1.165) is 78.0 Å². The zero-order valence-electron chi connectivity index (χ0n) is 41.6. The number of anilines is 2. The van der Waals surface area contributed by atoms with Crippen molar-refractivity contribution in [2.24, 2.45) is 11.8 Å². The van der Waals surface area contributed by atoms with Crippen molar-refractivity contribution in [1.82, 2.24) is 25.1 Å². The van der Waals surface area contributed by atoms with Crippen molar-refractivity contribution in [1.29, 1.82) is 10.5 Å². The summed E-state index contributed by atoms with van der Waals surface area (Å²) in [5.74, 6) is 1.70. The molecule has 69 heavy (non-hydrogen) atoms. The molecule has 15 nitrogen and oxygen atoms in total. The van der Waals surface area contributed by atoms with Gasteiger partial charge in [-0.3, -0.25) is 9.59 Å². The lowest BCUT2D eigenvalue weighted by Gasteiger charge is -2.44. The average molecular weight is 964 g/mol. The Kier molecular flexibility index (Phi) is 15.4. The number of amides is 3. The molecule has 4 aliphatic heterocycles. The Morgan fingerprint density at radius 3 is 1.67 bits per heavy atom. The molecule has 0 radical (unpaired) electrons. The van der Waals surface area contributed by atoms with Crippen LogP contribution in [0.25, 0.3) is 0 Å². The highest BCUT2D eigenvalue weighted by atomic mass is 19.4. The van der Waals surface area contributed by atoms with E-state index in [1.165, 1.54) is 4.90 Å². The first-order valence-electron chi connectivity index (χ1n) is 25.0. The van der Waals surface area contributed by atoms with Crippen molar-refractivity contribution >= 4 is 29.5 Å². The number of aromatic nitrogens is 2. The summed E-state index contributed by atoms with van der Waals surface area (Å²) in [6.07, 6.45) is 0.590. The number of nitrogens with zero attached hydrogens (tertiary/aromatic N) is 8. The predicted octanol–water partition coefficient (Wildman–Crippen LogP) is 8.35. The number of hydrogen-bond donors (Lipinski definition) is 2. The fraction of sp³-hybridized carbons (Fsp3) is 0.706. The van der Waals surface area contributed by atoms with Gasteiger partial charge in [0.1, 0.15) is 30.2 Å². The quantitative estimate of drug-likeness (QED) is 0.232. The minimum Gasteiger partial charge on any atom is -0.465 e. The number of carbonyl (C=O) groups excluding carboxylic acids is 2. The molecule has 3 amide bonds. The number of pyridine rings is 2. The summed E-state index contributed by atoms with van der Waals surface area (Å²) in [5, 5.41) is 31.4. The van der Waals surface area contributed by atoms with E-state index < -0.39 is 24.6 Å². The number of carboxylic acid groups (broad SMARTS) is 1. The molecular weight excluding hydrogens is 892 g/mol. The van der Waals surface area contributed by atoms with Crippen LogP contribution in [0.4, 0.5) is 29.6 Å². The Labute approximate surface area is 406 Å². The molecule has 3 aliphatic carbocycles. The molecule has 2 N–H and O–H groups in total. The normalized spacial score (nSPS) is 22.7. The summed E-state index contributed by atoms with van der Waals surface area (Å²) < 4.78 is 50.8. The minimum atomic E-state index is -4.51. The van der Waals surface area contributed by atoms with Crippen LogP contribution in [0.5, 0.6) is 0 Å². The largest absolute Gasteiger partial charge is 0.465 e. The Morgan fingerprint density at radius 2 is 1.25 bits per heavy atom. The van der Waals surface area contributed by atoms with Crippen LogP contribution >= 0.6 is 0 Å². The number of fused-ring (bicyclic) bond motifs is 2. The fourth-order valence-electron chi connectivity index (χ4n) is 10.4. The first-order valence-corrected chi connectivity index (χ1v) is 25.0. The Morgan fingerprint density at radius 1 is 0.768 bits per heavy atom. The molecular formula is C51H72F3N9O6. The first-order chi connectivity index (χ1) is 32.7. The van der Waals surface area contributed by atoms with E-state index in [1.807, 2.05) is 37.5 Å². The molecule has 378 valence electrons. The zero-order valence-corrected chi connectivity index (χ0v) is 41.6. The molecule has 3 saturated carbocycles. The maximum atomic E-state index is 12.9. The third kappa shape index (κ3) is 12.1. The number of rotatable bonds is 10. The summed E-state index contributed by atoms with van der Waals surface area (Å²) in [4.78, 5) is 53.6. The SMILES string of the molecule is CC.CC(C)[C@@H]1CN(c2nc(C3CC3)c3c(c2C#N)CC(C)(C)OC3)CCN1C(=O)CCNC(=O)O.CC1(C)Cc2c(C#N)c(N3CCN(C(=O)CC(F)(F)F)C(C4CC4)C3)nc(C3CC3)c2CO1.[HH]. The van der Waals surface area contributed by atoms with Gasteiger partial charge in [-0.15, -0.1) is 0 Å². The van der Waals surface area contributed by atoms with E-state index in [0.29, 0.717) is 87.6 Å². The molecule has 9 rings (SSSR count). The first kappa shape index (κ1) is 51.6. The Balaban J connectivity index is 0.000000219. The van der Waals surface area contributed by atoms with Crippen LogP contribution < -0.4 is 15.1 Å². The van der Waals surface area contributed by atoms with Crippen molar-refractivity contribution < 1.29 is 43.6 Å². The van der Waals surface area contributed by atoms with Crippen molar-refractivity contribution in [2.75, 3.05) is 55.6 Å². The third-order valence-electron chi connectivity index (χ3n) is 14.4. The number of carbonyl (C=O) groups is 3. The molecule has 2 aromatic heterocycles. The monoisotopic (exact) mass is 964 g/mol. The van der Waals surface area contributed by atoms with Crippen LogP contribution in [0.2, 0.25) is 0 Å². The molecule has 2 atom stereocenters. The lowest BCUT2D eigenvalue weighted by Crippen LogP contribution is -2.58. The number of nitrogens with one attached hydrogen (secondary N) is 1. The number of halogens is 3. The van der Waals surface area contributed by atoms with Gasteiger partial charge in [-0.1, -0.05) is 27.7 Å². The number of alkyl halides is 3. The smallest absolute Gasteiger partial charge is 0.404 e. The summed E-state index contributed by atoms with van der Waals surface area (Å²) in [6.45, 7) is 20.1. The molecule has 5 fully saturated rings. The number of ether oxygens (including phenoxy) is 2. The van der Waals surface area contributed by atoms with Crippen LogP contribution in [0.3, 0.4) is 0 Å². The van der Waals surface area contributed by atoms with Crippen LogP contribution in [0.15, 0.2) is 0 Å². The van der Waals surface area contributed by atoms with Gasteiger partial charge in [0, 0.05) is 89.5 Å². The average Bonchev–Trinajstić information content (AvgIpc) is 4.12. The van der Waals surface area contributed by atoms with Gasteiger partial charge in [0.2, 0.25) is 11.8 Å². The molecule has 2 saturated heterocycles. The molecule has 7 aliphatic rings. The Hall–Kier alpha value is -5.20. The number of piperazine rings is 2. The van der Waals surface area contributed by atoms with Gasteiger partial charge < -0.3 is 39.5 Å². The van der Waals surface area contributed by atoms with Gasteiger partial charge in [-0.05, 0) is 89.2 Å².